The fraction of sp³-hybridized carbons (Fsp3) is 0.275. The molecule has 0 bridgehead atoms. The first-order chi connectivity index (χ1) is 29.7. The van der Waals surface area contributed by atoms with E-state index in [9.17, 15) is 59.9 Å². The van der Waals surface area contributed by atoms with Gasteiger partial charge < -0.3 is 28.9 Å². The molecule has 0 spiro atoms. The third-order valence-corrected chi connectivity index (χ3v) is 11.1. The molecule has 2 aliphatic heterocycles. The molecule has 3 aromatic carbocycles. The Morgan fingerprint density at radius 1 is 0.938 bits per heavy atom. The number of non-ortho nitro benzene ring substituents is 2. The smallest absolute Gasteiger partial charge is 0.355 e. The van der Waals surface area contributed by atoms with Gasteiger partial charge in [-0.3, -0.25) is 45.3 Å². The molecule has 4 heterocycles. The van der Waals surface area contributed by atoms with Gasteiger partial charge in [0.1, 0.15) is 18.1 Å². The number of hydrogen-bond acceptors (Lipinski definition) is 18. The van der Waals surface area contributed by atoms with Crippen LogP contribution in [0.1, 0.15) is 60.6 Å². The summed E-state index contributed by atoms with van der Waals surface area (Å²) >= 11 is 0. The molecule has 0 unspecified atom stereocenters. The number of nitrogens with zero attached hydrogens (tertiary/aromatic N) is 8. The predicted octanol–water partition coefficient (Wildman–Crippen LogP) is 5.68. The van der Waals surface area contributed by atoms with Gasteiger partial charge in [-0.1, -0.05) is 12.1 Å². The van der Waals surface area contributed by atoms with Crippen LogP contribution < -0.4 is 5.56 Å². The fourth-order valence-corrected chi connectivity index (χ4v) is 8.08. The van der Waals surface area contributed by atoms with Crippen LogP contribution in [0.3, 0.4) is 0 Å². The summed E-state index contributed by atoms with van der Waals surface area (Å²) in [6.07, 6.45) is -0.259. The number of hydrogen-bond donors (Lipinski definition) is 1. The van der Waals surface area contributed by atoms with E-state index in [0.29, 0.717) is 52.1 Å². The number of aromatic hydroxyl groups is 1. The van der Waals surface area contributed by atoms with E-state index >= 15 is 0 Å². The molecule has 5 aromatic rings. The van der Waals surface area contributed by atoms with Crippen molar-refractivity contribution >= 4 is 63.7 Å². The zero-order valence-corrected chi connectivity index (χ0v) is 34.9. The van der Waals surface area contributed by atoms with Crippen molar-refractivity contribution in [1.82, 2.24) is 14.5 Å². The van der Waals surface area contributed by atoms with Crippen LogP contribution >= 0.6 is 12.4 Å². The number of pyridine rings is 2. The van der Waals surface area contributed by atoms with Gasteiger partial charge in [-0.05, 0) is 58.6 Å². The van der Waals surface area contributed by atoms with Crippen LogP contribution in [0.5, 0.6) is 5.75 Å². The molecule has 24 heteroatoms. The number of phenols is 1. The van der Waals surface area contributed by atoms with Gasteiger partial charge in [0.2, 0.25) is 11.2 Å². The highest BCUT2D eigenvalue weighted by Gasteiger charge is 2.53. The van der Waals surface area contributed by atoms with E-state index in [1.54, 1.807) is 6.07 Å². The first kappa shape index (κ1) is 44.1. The third kappa shape index (κ3) is 6.76. The molecular formula is C40H33ClN8O15. The average molecular weight is 901 g/mol. The highest BCUT2D eigenvalue weighted by Crippen LogP contribution is 2.50. The number of rotatable bonds is 11. The maximum Gasteiger partial charge on any atom is 0.355 e. The molecule has 0 amide bonds. The summed E-state index contributed by atoms with van der Waals surface area (Å²) in [5.41, 5.74) is -8.55. The van der Waals surface area contributed by atoms with E-state index in [2.05, 4.69) is 5.16 Å². The molecule has 1 atom stereocenters. The number of carbonyl (C=O) groups excluding carboxylic acids is 2. The first-order valence-electron chi connectivity index (χ1n) is 18.9. The van der Waals surface area contributed by atoms with E-state index in [4.69, 9.17) is 19.3 Å². The van der Waals surface area contributed by atoms with Crippen molar-refractivity contribution in [3.8, 4) is 28.3 Å². The lowest BCUT2D eigenvalue weighted by atomic mass is 9.85. The van der Waals surface area contributed by atoms with Crippen LogP contribution in [0.2, 0.25) is 0 Å². The third-order valence-electron chi connectivity index (χ3n) is 11.1. The average Bonchev–Trinajstić information content (AvgIpc) is 3.75. The molecular weight excluding hydrogens is 868 g/mol. The summed E-state index contributed by atoms with van der Waals surface area (Å²) in [5, 5.41) is 63.5. The van der Waals surface area contributed by atoms with Gasteiger partial charge in [0.05, 0.1) is 72.0 Å². The summed E-state index contributed by atoms with van der Waals surface area (Å²) in [6, 6.07) is 9.28. The van der Waals surface area contributed by atoms with Crippen LogP contribution in [-0.2, 0) is 49.2 Å². The molecule has 3 aliphatic rings. The summed E-state index contributed by atoms with van der Waals surface area (Å²) in [4.78, 5) is 98.8. The Kier molecular flexibility index (Phi) is 10.7. The Hall–Kier alpha value is -7.92. The van der Waals surface area contributed by atoms with Gasteiger partial charge in [0.15, 0.2) is 0 Å². The molecule has 1 aliphatic carbocycles. The molecule has 23 nitrogen and oxygen atoms in total. The predicted molar refractivity (Wildman–Crippen MR) is 224 cm³/mol. The quantitative estimate of drug-likeness (QED) is 0.0927. The summed E-state index contributed by atoms with van der Waals surface area (Å²) in [6.45, 7) is 3.83. The van der Waals surface area contributed by atoms with Crippen molar-refractivity contribution in [3.05, 3.63) is 133 Å². The van der Waals surface area contributed by atoms with Crippen LogP contribution in [0.15, 0.2) is 58.5 Å². The van der Waals surface area contributed by atoms with Crippen molar-refractivity contribution in [2.45, 2.75) is 58.1 Å². The van der Waals surface area contributed by atoms with Crippen LogP contribution in [0, 0.1) is 40.5 Å². The van der Waals surface area contributed by atoms with Crippen molar-refractivity contribution in [1.29, 1.82) is 0 Å². The lowest BCUT2D eigenvalue weighted by molar-refractivity contribution is -0.395. The number of esters is 2. The molecule has 0 saturated carbocycles. The number of phenolic OH excluding ortho intramolecular Hbond substituents is 1. The SMILES string of the molecule is CC[C@@]1(OC(=O)C(C)(C)ON=C2c3cc([N+](=O)[O-])cc([N+](=O)[O-])c3-c3c2cc([N+](=O)[O-])cc3[N+](=O)[O-])C(=O)OCc2c1cc1n(c2=O)Cc2cc3c(CN(C)C)c(O)ccc3nc2-1.Cl. The Morgan fingerprint density at radius 2 is 1.53 bits per heavy atom. The normalized spacial score (nSPS) is 15.5. The summed E-state index contributed by atoms with van der Waals surface area (Å²) in [7, 11) is 3.70. The van der Waals surface area contributed by atoms with E-state index < -0.39 is 106 Å². The van der Waals surface area contributed by atoms with Gasteiger partial charge in [0, 0.05) is 51.9 Å². The van der Waals surface area contributed by atoms with Crippen molar-refractivity contribution < 1.29 is 48.7 Å². The Bertz CT molecular complexity index is 2990. The van der Waals surface area contributed by atoms with Crippen LogP contribution in [0.25, 0.3) is 33.4 Å². The highest BCUT2D eigenvalue weighted by molar-refractivity contribution is 6.27. The first-order valence-corrected chi connectivity index (χ1v) is 18.9. The number of nitro groups is 4. The molecule has 0 saturated heterocycles. The molecule has 1 N–H and O–H groups in total. The van der Waals surface area contributed by atoms with Gasteiger partial charge in [-0.25, -0.2) is 14.6 Å². The number of benzene rings is 3. The number of ether oxygens (including phenoxy) is 2. The number of halogens is 1. The van der Waals surface area contributed by atoms with E-state index in [-0.39, 0.29) is 42.2 Å². The lowest BCUT2D eigenvalue weighted by Crippen LogP contribution is -2.50. The van der Waals surface area contributed by atoms with E-state index in [1.807, 2.05) is 25.1 Å². The standard InChI is InChI=1S/C40H32N8O15.ClH/c1-6-40(26-14-30-34-18(15-44(30)36(50)25(26)17-61-38(40)52)9-21-24(16-43(4)5)31(49)8-7-27(21)41-34)62-37(51)39(2,3)63-42-35-22-10-19(45(53)54)12-28(47(57)58)32(22)33-23(35)11-20(46(55)56)13-29(33)48(59)60;/h7-14,49H,6,15-17H2,1-5H3;1H/t40-;/m0./s1. The van der Waals surface area contributed by atoms with Gasteiger partial charge in [0.25, 0.3) is 28.3 Å². The summed E-state index contributed by atoms with van der Waals surface area (Å²) in [5.74, 6) is -2.22. The Balaban J connectivity index is 0.00000612. The zero-order chi connectivity index (χ0) is 45.6. The molecule has 0 radical (unpaired) electrons. The largest absolute Gasteiger partial charge is 0.508 e. The fourth-order valence-electron chi connectivity index (χ4n) is 8.08. The van der Waals surface area contributed by atoms with Gasteiger partial charge in [-0.2, -0.15) is 0 Å². The lowest BCUT2D eigenvalue weighted by Gasteiger charge is -2.37. The van der Waals surface area contributed by atoms with Gasteiger partial charge >= 0.3 is 11.9 Å². The minimum Gasteiger partial charge on any atom is -0.508 e. The minimum atomic E-state index is -2.24. The maximum absolute atomic E-state index is 14.2. The van der Waals surface area contributed by atoms with Crippen molar-refractivity contribution in [2.75, 3.05) is 14.1 Å². The molecule has 330 valence electrons. The maximum atomic E-state index is 14.2. The Morgan fingerprint density at radius 3 is 2.06 bits per heavy atom. The van der Waals surface area contributed by atoms with E-state index in [0.717, 1.165) is 26.0 Å². The topological polar surface area (TPSA) is 305 Å². The molecule has 8 rings (SSSR count). The van der Waals surface area contributed by atoms with Crippen molar-refractivity contribution in [3.63, 3.8) is 0 Å². The highest BCUT2D eigenvalue weighted by atomic mass is 35.5. The van der Waals surface area contributed by atoms with Crippen LogP contribution in [0.4, 0.5) is 22.7 Å². The number of aromatic nitrogens is 2. The second kappa shape index (κ2) is 15.5. The number of fused-ring (bicyclic) bond motifs is 8. The number of cyclic esters (lactones) is 1. The monoisotopic (exact) mass is 900 g/mol. The van der Waals surface area contributed by atoms with Crippen molar-refractivity contribution in [2.24, 2.45) is 5.16 Å². The Labute approximate surface area is 364 Å². The molecule has 2 aromatic heterocycles. The van der Waals surface area contributed by atoms with Gasteiger partial charge in [-0.15, -0.1) is 12.4 Å². The molecule has 64 heavy (non-hydrogen) atoms. The second-order valence-electron chi connectivity index (χ2n) is 15.7. The summed E-state index contributed by atoms with van der Waals surface area (Å²) < 4.78 is 12.9. The second-order valence-corrected chi connectivity index (χ2v) is 15.7. The minimum absolute atomic E-state index is 0. The zero-order valence-electron chi connectivity index (χ0n) is 34.1. The number of nitro benzene ring substituents is 4. The number of carbonyl (C=O) groups is 2. The number of oxime groups is 1. The molecule has 0 fully saturated rings. The van der Waals surface area contributed by atoms with Crippen LogP contribution in [-0.4, -0.2) is 76.6 Å². The van der Waals surface area contributed by atoms with E-state index in [1.165, 1.54) is 23.6 Å².